The molecule has 0 saturated heterocycles. The average Bonchev–Trinajstić information content (AvgIpc) is 2.89. The van der Waals surface area contributed by atoms with Gasteiger partial charge in [0.25, 0.3) is 5.91 Å². The molecule has 2 aromatic carbocycles. The van der Waals surface area contributed by atoms with Crippen molar-refractivity contribution < 1.29 is 13.9 Å². The van der Waals surface area contributed by atoms with Gasteiger partial charge in [0.05, 0.1) is 24.1 Å². The van der Waals surface area contributed by atoms with E-state index in [-0.39, 0.29) is 17.1 Å². The van der Waals surface area contributed by atoms with E-state index in [4.69, 9.17) is 9.15 Å². The molecular weight excluding hydrogens is 330 g/mol. The van der Waals surface area contributed by atoms with Crippen LogP contribution in [0, 0.1) is 13.8 Å². The predicted octanol–water partition coefficient (Wildman–Crippen LogP) is 3.59. The van der Waals surface area contributed by atoms with Crippen molar-refractivity contribution in [2.75, 3.05) is 14.2 Å². The smallest absolute Gasteiger partial charge is 0.290 e. The second kappa shape index (κ2) is 5.73. The van der Waals surface area contributed by atoms with Gasteiger partial charge in [-0.15, -0.1) is 0 Å². The highest BCUT2D eigenvalue weighted by molar-refractivity contribution is 5.99. The van der Waals surface area contributed by atoms with Crippen molar-refractivity contribution in [3.63, 3.8) is 0 Å². The molecule has 2 heterocycles. The van der Waals surface area contributed by atoms with Gasteiger partial charge >= 0.3 is 0 Å². The number of hydrogen-bond donors (Lipinski definition) is 0. The number of carbonyl (C=O) groups excluding carboxylic acids is 1. The van der Waals surface area contributed by atoms with Gasteiger partial charge in [-0.05, 0) is 54.8 Å². The van der Waals surface area contributed by atoms with Crippen LogP contribution in [0.2, 0.25) is 0 Å². The Balaban J connectivity index is 2.02. The van der Waals surface area contributed by atoms with Crippen LogP contribution in [0.25, 0.3) is 11.0 Å². The third-order valence-corrected chi connectivity index (χ3v) is 5.13. The lowest BCUT2D eigenvalue weighted by molar-refractivity contribution is 0.0771. The minimum atomic E-state index is -0.491. The number of carbonyl (C=O) groups is 1. The van der Waals surface area contributed by atoms with Gasteiger partial charge in [-0.25, -0.2) is 0 Å². The molecule has 0 spiro atoms. The molecule has 0 fully saturated rings. The number of hydrogen-bond acceptors (Lipinski definition) is 4. The summed E-state index contributed by atoms with van der Waals surface area (Å²) in [6, 6.07) is 10.6. The minimum absolute atomic E-state index is 0.126. The number of ether oxygens (including phenoxy) is 1. The minimum Gasteiger partial charge on any atom is -0.497 e. The lowest BCUT2D eigenvalue weighted by Crippen LogP contribution is -2.25. The summed E-state index contributed by atoms with van der Waals surface area (Å²) in [6.07, 6.45) is 0. The molecule has 1 amide bonds. The highest BCUT2D eigenvalue weighted by atomic mass is 16.5. The van der Waals surface area contributed by atoms with Crippen molar-refractivity contribution in [1.29, 1.82) is 0 Å². The number of aryl methyl sites for hydroxylation is 2. The summed E-state index contributed by atoms with van der Waals surface area (Å²) in [5.41, 5.74) is 3.53. The van der Waals surface area contributed by atoms with Crippen molar-refractivity contribution in [1.82, 2.24) is 4.90 Å². The number of methoxy groups -OCH3 is 1. The second-order valence-corrected chi connectivity index (χ2v) is 6.70. The van der Waals surface area contributed by atoms with Crippen molar-refractivity contribution >= 4 is 16.9 Å². The molecule has 1 atom stereocenters. The van der Waals surface area contributed by atoms with E-state index in [2.05, 4.69) is 0 Å². The van der Waals surface area contributed by atoms with Gasteiger partial charge in [0.15, 0.2) is 5.43 Å². The fraction of sp³-hybridized carbons (Fsp3) is 0.238. The number of benzene rings is 2. The molecule has 0 bridgehead atoms. The molecule has 1 aliphatic heterocycles. The number of rotatable bonds is 2. The van der Waals surface area contributed by atoms with Crippen LogP contribution >= 0.6 is 0 Å². The molecule has 1 aromatic heterocycles. The van der Waals surface area contributed by atoms with Gasteiger partial charge < -0.3 is 14.1 Å². The van der Waals surface area contributed by atoms with Gasteiger partial charge in [-0.2, -0.15) is 0 Å². The predicted molar refractivity (Wildman–Crippen MR) is 98.9 cm³/mol. The quantitative estimate of drug-likeness (QED) is 0.709. The Labute approximate surface area is 150 Å². The molecule has 5 nitrogen and oxygen atoms in total. The molecule has 0 saturated carbocycles. The van der Waals surface area contributed by atoms with Crippen molar-refractivity contribution in [3.8, 4) is 5.75 Å². The van der Waals surface area contributed by atoms with Gasteiger partial charge in [-0.1, -0.05) is 12.1 Å². The normalized spacial score (nSPS) is 16.2. The SMILES string of the molecule is COc1cccc(C2c3c(oc4cc(C)c(C)cc4c3=O)C(=O)N2C)c1. The first-order valence-corrected chi connectivity index (χ1v) is 8.41. The van der Waals surface area contributed by atoms with E-state index < -0.39 is 6.04 Å². The van der Waals surface area contributed by atoms with Gasteiger partial charge in [0.1, 0.15) is 11.3 Å². The van der Waals surface area contributed by atoms with Crippen LogP contribution in [0.4, 0.5) is 0 Å². The molecule has 0 N–H and O–H groups in total. The summed E-state index contributed by atoms with van der Waals surface area (Å²) < 4.78 is 11.2. The zero-order valence-electron chi connectivity index (χ0n) is 15.1. The topological polar surface area (TPSA) is 59.8 Å². The Hall–Kier alpha value is -3.08. The lowest BCUT2D eigenvalue weighted by Gasteiger charge is -2.20. The number of fused-ring (bicyclic) bond motifs is 2. The Kier molecular flexibility index (Phi) is 3.61. The zero-order valence-corrected chi connectivity index (χ0v) is 15.1. The van der Waals surface area contributed by atoms with E-state index in [1.807, 2.05) is 50.2 Å². The van der Waals surface area contributed by atoms with Crippen LogP contribution in [-0.2, 0) is 0 Å². The third kappa shape index (κ3) is 2.24. The molecule has 3 aromatic rings. The zero-order chi connectivity index (χ0) is 18.6. The van der Waals surface area contributed by atoms with Crippen LogP contribution in [0.15, 0.2) is 45.6 Å². The molecule has 1 aliphatic rings. The summed E-state index contributed by atoms with van der Waals surface area (Å²) in [4.78, 5) is 27.5. The van der Waals surface area contributed by atoms with Crippen molar-refractivity contribution in [2.45, 2.75) is 19.9 Å². The van der Waals surface area contributed by atoms with Crippen LogP contribution in [-0.4, -0.2) is 25.0 Å². The molecular formula is C21H19NO4. The fourth-order valence-corrected chi connectivity index (χ4v) is 3.54. The van der Waals surface area contributed by atoms with Crippen LogP contribution in [0.3, 0.4) is 0 Å². The Bertz CT molecular complexity index is 1110. The molecule has 26 heavy (non-hydrogen) atoms. The molecule has 4 rings (SSSR count). The maximum absolute atomic E-state index is 13.2. The molecule has 0 radical (unpaired) electrons. The van der Waals surface area contributed by atoms with E-state index >= 15 is 0 Å². The van der Waals surface area contributed by atoms with E-state index in [0.717, 1.165) is 16.7 Å². The monoisotopic (exact) mass is 349 g/mol. The molecule has 132 valence electrons. The average molecular weight is 349 g/mol. The van der Waals surface area contributed by atoms with E-state index in [1.54, 1.807) is 19.1 Å². The van der Waals surface area contributed by atoms with E-state index in [0.29, 0.717) is 22.3 Å². The van der Waals surface area contributed by atoms with E-state index in [1.165, 1.54) is 0 Å². The first-order valence-electron chi connectivity index (χ1n) is 8.41. The molecule has 0 aliphatic carbocycles. The van der Waals surface area contributed by atoms with Gasteiger partial charge in [-0.3, -0.25) is 9.59 Å². The summed E-state index contributed by atoms with van der Waals surface area (Å²) >= 11 is 0. The summed E-state index contributed by atoms with van der Waals surface area (Å²) in [5, 5.41) is 0.503. The highest BCUT2D eigenvalue weighted by Gasteiger charge is 2.40. The van der Waals surface area contributed by atoms with Crippen molar-refractivity contribution in [2.24, 2.45) is 0 Å². The largest absolute Gasteiger partial charge is 0.497 e. The van der Waals surface area contributed by atoms with Gasteiger partial charge in [0.2, 0.25) is 5.76 Å². The van der Waals surface area contributed by atoms with E-state index in [9.17, 15) is 9.59 Å². The lowest BCUT2D eigenvalue weighted by atomic mass is 9.97. The Morgan fingerprint density at radius 3 is 2.54 bits per heavy atom. The third-order valence-electron chi connectivity index (χ3n) is 5.13. The summed E-state index contributed by atoms with van der Waals surface area (Å²) in [6.45, 7) is 3.91. The molecule has 5 heteroatoms. The van der Waals surface area contributed by atoms with Crippen LogP contribution < -0.4 is 10.2 Å². The maximum Gasteiger partial charge on any atom is 0.290 e. The van der Waals surface area contributed by atoms with Gasteiger partial charge in [0, 0.05) is 7.05 Å². The first kappa shape index (κ1) is 16.4. The maximum atomic E-state index is 13.2. The van der Waals surface area contributed by atoms with Crippen molar-refractivity contribution in [3.05, 3.63) is 74.6 Å². The molecule has 1 unspecified atom stereocenters. The van der Waals surface area contributed by atoms with Crippen LogP contribution in [0.5, 0.6) is 5.75 Å². The Morgan fingerprint density at radius 2 is 1.81 bits per heavy atom. The van der Waals surface area contributed by atoms with Crippen LogP contribution in [0.1, 0.15) is 38.9 Å². The number of amides is 1. The Morgan fingerprint density at radius 1 is 1.08 bits per heavy atom. The highest BCUT2D eigenvalue weighted by Crippen LogP contribution is 2.38. The first-order chi connectivity index (χ1) is 12.4. The summed E-state index contributed by atoms with van der Waals surface area (Å²) in [5.74, 6) is 0.513. The summed E-state index contributed by atoms with van der Waals surface area (Å²) in [7, 11) is 3.27. The standard InChI is InChI=1S/C21H19NO4/c1-11-8-15-16(9-12(11)2)26-20-17(19(15)23)18(22(3)21(20)24)13-6-5-7-14(10-13)25-4/h5-10,18H,1-4H3. The number of nitrogens with zero attached hydrogens (tertiary/aromatic N) is 1. The second-order valence-electron chi connectivity index (χ2n) is 6.70. The fourth-order valence-electron chi connectivity index (χ4n) is 3.54.